The topological polar surface area (TPSA) is 134 Å². The first kappa shape index (κ1) is 27.0. The molecule has 0 unspecified atom stereocenters. The Balaban J connectivity index is 1.30. The first-order valence-electron chi connectivity index (χ1n) is 13.7. The Bertz CT molecular complexity index is 1590. The van der Waals surface area contributed by atoms with E-state index in [1.54, 1.807) is 24.7 Å². The molecule has 1 saturated heterocycles. The van der Waals surface area contributed by atoms with Gasteiger partial charge in [-0.3, -0.25) is 9.78 Å². The highest BCUT2D eigenvalue weighted by Gasteiger charge is 2.38. The van der Waals surface area contributed by atoms with Crippen LogP contribution in [0.4, 0.5) is 26.1 Å². The third kappa shape index (κ3) is 4.97. The number of carbonyl (C=O) groups excluding carboxylic acids is 1. The van der Waals surface area contributed by atoms with Crippen LogP contribution < -0.4 is 21.3 Å². The normalized spacial score (nSPS) is 21.9. The first-order chi connectivity index (χ1) is 19.6. The number of piperidine rings is 1. The fourth-order valence-corrected chi connectivity index (χ4v) is 5.87. The van der Waals surface area contributed by atoms with Crippen LogP contribution in [0.15, 0.2) is 48.9 Å². The van der Waals surface area contributed by atoms with Crippen molar-refractivity contribution in [3.05, 3.63) is 66.1 Å². The van der Waals surface area contributed by atoms with Crippen LogP contribution in [-0.2, 0) is 10.4 Å². The number of imidazole rings is 1. The van der Waals surface area contributed by atoms with Crippen molar-refractivity contribution in [1.82, 2.24) is 24.9 Å². The van der Waals surface area contributed by atoms with Crippen molar-refractivity contribution in [3.63, 3.8) is 0 Å². The van der Waals surface area contributed by atoms with Gasteiger partial charge in [-0.1, -0.05) is 6.92 Å². The van der Waals surface area contributed by atoms with Gasteiger partial charge in [0.05, 0.1) is 46.1 Å². The van der Waals surface area contributed by atoms with Crippen LogP contribution in [0.3, 0.4) is 0 Å². The molecule has 2 aliphatic rings. The number of aromatic nitrogens is 4. The van der Waals surface area contributed by atoms with E-state index in [1.807, 2.05) is 13.0 Å². The van der Waals surface area contributed by atoms with Gasteiger partial charge in [-0.2, -0.15) is 9.61 Å². The number of nitrogens with one attached hydrogen (secondary N) is 2. The molecular formula is C29H32F2N8O2. The summed E-state index contributed by atoms with van der Waals surface area (Å²) in [5.74, 6) is -1.25. The van der Waals surface area contributed by atoms with Gasteiger partial charge in [-0.05, 0) is 61.1 Å². The zero-order valence-corrected chi connectivity index (χ0v) is 22.8. The Morgan fingerprint density at radius 2 is 1.90 bits per heavy atom. The largest absolute Gasteiger partial charge is 0.385 e. The van der Waals surface area contributed by atoms with E-state index in [1.165, 1.54) is 29.6 Å². The van der Waals surface area contributed by atoms with E-state index < -0.39 is 17.2 Å². The number of amides is 1. The van der Waals surface area contributed by atoms with E-state index in [0.717, 1.165) is 12.1 Å². The van der Waals surface area contributed by atoms with Crippen LogP contribution in [0.1, 0.15) is 38.7 Å². The minimum atomic E-state index is -1.18. The van der Waals surface area contributed by atoms with Gasteiger partial charge in [-0.25, -0.2) is 13.8 Å². The number of nitrogens with zero attached hydrogens (tertiary/aromatic N) is 5. The molecule has 3 aromatic heterocycles. The standard InChI is InChI=1S/C29H32F2N8O2/c1-16-14-38(15-22(32)27(16)35-17(2)40)25-6-9-33-13-24(25)36-28-34-12-19-4-5-23(37-39(19)28)26-20(30)10-18(11-21(26)31)29(41)7-3-8-29/h4-6,9-13,16,22,27,41H,3,7-8,14-15,32H2,1-2H3,(H,34,36)(H,35,40)/t16-,22+,27-/m0/s1. The summed E-state index contributed by atoms with van der Waals surface area (Å²) in [5.41, 5.74) is 7.45. The number of aliphatic hydroxyl groups is 1. The molecule has 1 saturated carbocycles. The Hall–Kier alpha value is -4.16. The summed E-state index contributed by atoms with van der Waals surface area (Å²) in [5, 5.41) is 21.3. The molecule has 10 nitrogen and oxygen atoms in total. The molecule has 3 atom stereocenters. The van der Waals surface area contributed by atoms with E-state index in [9.17, 15) is 9.90 Å². The van der Waals surface area contributed by atoms with Crippen LogP contribution in [-0.4, -0.2) is 55.8 Å². The fraction of sp³-hybridized carbons (Fsp3) is 0.379. The second-order valence-corrected chi connectivity index (χ2v) is 11.1. The van der Waals surface area contributed by atoms with Gasteiger partial charge in [0.1, 0.15) is 11.6 Å². The van der Waals surface area contributed by atoms with Crippen LogP contribution in [0.2, 0.25) is 0 Å². The van der Waals surface area contributed by atoms with Gasteiger partial charge >= 0.3 is 0 Å². The number of nitrogens with two attached hydrogens (primary N) is 1. The van der Waals surface area contributed by atoms with Gasteiger partial charge in [0.2, 0.25) is 11.9 Å². The van der Waals surface area contributed by atoms with Gasteiger partial charge < -0.3 is 26.4 Å². The molecule has 0 bridgehead atoms. The number of anilines is 3. The van der Waals surface area contributed by atoms with Crippen molar-refractivity contribution < 1.29 is 18.7 Å². The second kappa shape index (κ2) is 10.3. The van der Waals surface area contributed by atoms with E-state index in [4.69, 9.17) is 5.73 Å². The number of pyridine rings is 1. The van der Waals surface area contributed by atoms with Crippen molar-refractivity contribution in [1.29, 1.82) is 0 Å². The van der Waals surface area contributed by atoms with Crippen LogP contribution in [0.5, 0.6) is 0 Å². The summed E-state index contributed by atoms with van der Waals surface area (Å²) in [6, 6.07) is 7.08. The molecule has 214 valence electrons. The lowest BCUT2D eigenvalue weighted by molar-refractivity contribution is -0.120. The number of benzene rings is 1. The monoisotopic (exact) mass is 562 g/mol. The lowest BCUT2D eigenvalue weighted by atomic mass is 9.75. The maximum Gasteiger partial charge on any atom is 0.229 e. The van der Waals surface area contributed by atoms with Gasteiger partial charge in [0.25, 0.3) is 0 Å². The van der Waals surface area contributed by atoms with Crippen LogP contribution in [0, 0.1) is 17.6 Å². The summed E-state index contributed by atoms with van der Waals surface area (Å²) >= 11 is 0. The smallest absolute Gasteiger partial charge is 0.229 e. The average molecular weight is 563 g/mol. The summed E-state index contributed by atoms with van der Waals surface area (Å²) in [6.45, 7) is 4.71. The lowest BCUT2D eigenvalue weighted by Gasteiger charge is -2.42. The molecule has 2 fully saturated rings. The summed E-state index contributed by atoms with van der Waals surface area (Å²) in [6.07, 6.45) is 6.73. The maximum absolute atomic E-state index is 15.2. The van der Waals surface area contributed by atoms with E-state index in [2.05, 4.69) is 30.6 Å². The van der Waals surface area contributed by atoms with Crippen molar-refractivity contribution >= 4 is 28.7 Å². The number of halogens is 2. The lowest BCUT2D eigenvalue weighted by Crippen LogP contribution is -2.61. The van der Waals surface area contributed by atoms with E-state index >= 15 is 8.78 Å². The number of hydrogen-bond acceptors (Lipinski definition) is 8. The fourth-order valence-electron chi connectivity index (χ4n) is 5.87. The van der Waals surface area contributed by atoms with Gasteiger partial charge in [-0.15, -0.1) is 0 Å². The van der Waals surface area contributed by atoms with Crippen LogP contribution >= 0.6 is 0 Å². The zero-order valence-electron chi connectivity index (χ0n) is 22.8. The molecule has 41 heavy (non-hydrogen) atoms. The molecule has 6 rings (SSSR count). The molecule has 1 amide bonds. The van der Waals surface area contributed by atoms with Gasteiger partial charge in [0, 0.05) is 38.3 Å². The Morgan fingerprint density at radius 3 is 2.56 bits per heavy atom. The molecule has 0 radical (unpaired) electrons. The first-order valence-corrected chi connectivity index (χ1v) is 13.7. The minimum absolute atomic E-state index is 0.0898. The molecule has 1 aliphatic carbocycles. The van der Waals surface area contributed by atoms with Crippen molar-refractivity contribution in [3.8, 4) is 11.3 Å². The van der Waals surface area contributed by atoms with E-state index in [-0.39, 0.29) is 40.7 Å². The highest BCUT2D eigenvalue weighted by molar-refractivity contribution is 5.75. The summed E-state index contributed by atoms with van der Waals surface area (Å²) in [4.78, 5) is 22.5. The summed E-state index contributed by atoms with van der Waals surface area (Å²) in [7, 11) is 0. The molecule has 4 heterocycles. The van der Waals surface area contributed by atoms with Crippen molar-refractivity contribution in [2.45, 2.75) is 50.8 Å². The minimum Gasteiger partial charge on any atom is -0.385 e. The number of hydrogen-bond donors (Lipinski definition) is 4. The molecule has 4 aromatic rings. The van der Waals surface area contributed by atoms with Crippen molar-refractivity contribution in [2.24, 2.45) is 11.7 Å². The predicted octanol–water partition coefficient (Wildman–Crippen LogP) is 3.47. The quantitative estimate of drug-likeness (QED) is 0.281. The Kier molecular flexibility index (Phi) is 6.82. The number of rotatable bonds is 6. The number of fused-ring (bicyclic) bond motifs is 1. The molecule has 0 spiro atoms. The third-order valence-electron chi connectivity index (χ3n) is 8.17. The van der Waals surface area contributed by atoms with Crippen LogP contribution in [0.25, 0.3) is 16.8 Å². The molecule has 1 aliphatic heterocycles. The van der Waals surface area contributed by atoms with Crippen molar-refractivity contribution in [2.75, 3.05) is 23.3 Å². The third-order valence-corrected chi connectivity index (χ3v) is 8.17. The van der Waals surface area contributed by atoms with E-state index in [0.29, 0.717) is 43.1 Å². The molecule has 1 aromatic carbocycles. The SMILES string of the molecule is CC(=O)N[C@@H]1[C@H](N)CN(c2ccncc2Nc2ncc3ccc(-c4c(F)cc(C5(O)CCC5)cc4F)nn23)C[C@@H]1C. The maximum atomic E-state index is 15.2. The second-order valence-electron chi connectivity index (χ2n) is 11.1. The summed E-state index contributed by atoms with van der Waals surface area (Å²) < 4.78 is 31.9. The molecular weight excluding hydrogens is 530 g/mol. The highest BCUT2D eigenvalue weighted by atomic mass is 19.1. The predicted molar refractivity (Wildman–Crippen MR) is 151 cm³/mol. The molecule has 5 N–H and O–H groups in total. The molecule has 12 heteroatoms. The highest BCUT2D eigenvalue weighted by Crippen LogP contribution is 2.42. The average Bonchev–Trinajstić information content (AvgIpc) is 3.31. The Morgan fingerprint density at radius 1 is 1.15 bits per heavy atom. The Labute approximate surface area is 235 Å². The zero-order chi connectivity index (χ0) is 28.9. The van der Waals surface area contributed by atoms with Gasteiger partial charge in [0.15, 0.2) is 0 Å². The number of carbonyl (C=O) groups is 1.